The number of sulfone groups is 1. The second-order valence-corrected chi connectivity index (χ2v) is 5.31. The third-order valence-corrected chi connectivity index (χ3v) is 3.15. The van der Waals surface area contributed by atoms with Crippen LogP contribution in [0.1, 0.15) is 11.1 Å². The van der Waals surface area contributed by atoms with Gasteiger partial charge in [-0.2, -0.15) is 13.2 Å². The van der Waals surface area contributed by atoms with Crippen molar-refractivity contribution in [1.29, 1.82) is 0 Å². The first-order valence-electron chi connectivity index (χ1n) is 4.26. The highest BCUT2D eigenvalue weighted by atomic mass is 32.2. The minimum Gasteiger partial charge on any atom is -0.326 e. The predicted molar refractivity (Wildman–Crippen MR) is 52.4 cm³/mol. The topological polar surface area (TPSA) is 60.2 Å². The lowest BCUT2D eigenvalue weighted by atomic mass is 10.1. The van der Waals surface area contributed by atoms with Crippen LogP contribution in [0.4, 0.5) is 13.2 Å². The molecule has 1 aromatic rings. The number of halogens is 3. The summed E-state index contributed by atoms with van der Waals surface area (Å²) in [7, 11) is -3.65. The Balaban J connectivity index is 3.45. The SMILES string of the molecule is CS(=O)(=O)c1ccc(CN)c(C(F)(F)F)c1. The normalized spacial score (nSPS) is 12.8. The van der Waals surface area contributed by atoms with E-state index in [0.717, 1.165) is 18.4 Å². The van der Waals surface area contributed by atoms with Crippen molar-refractivity contribution in [3.05, 3.63) is 29.3 Å². The van der Waals surface area contributed by atoms with Gasteiger partial charge in [0.25, 0.3) is 0 Å². The van der Waals surface area contributed by atoms with Crippen LogP contribution >= 0.6 is 0 Å². The number of rotatable bonds is 2. The summed E-state index contributed by atoms with van der Waals surface area (Å²) in [5.74, 6) is 0. The third-order valence-electron chi connectivity index (χ3n) is 2.03. The van der Waals surface area contributed by atoms with Gasteiger partial charge in [0.15, 0.2) is 9.84 Å². The van der Waals surface area contributed by atoms with E-state index in [1.807, 2.05) is 0 Å². The maximum atomic E-state index is 12.6. The molecule has 0 fully saturated rings. The van der Waals surface area contributed by atoms with Crippen molar-refractivity contribution in [1.82, 2.24) is 0 Å². The first kappa shape index (κ1) is 13.0. The molecule has 1 rings (SSSR count). The van der Waals surface area contributed by atoms with Gasteiger partial charge in [-0.05, 0) is 17.7 Å². The Morgan fingerprint density at radius 2 is 1.88 bits per heavy atom. The number of nitrogens with two attached hydrogens (primary N) is 1. The zero-order valence-electron chi connectivity index (χ0n) is 8.38. The molecular weight excluding hydrogens is 243 g/mol. The minimum absolute atomic E-state index is 0.125. The second kappa shape index (κ2) is 4.06. The highest BCUT2D eigenvalue weighted by molar-refractivity contribution is 7.90. The Hall–Kier alpha value is -1.08. The quantitative estimate of drug-likeness (QED) is 0.870. The fourth-order valence-corrected chi connectivity index (χ4v) is 1.88. The fraction of sp³-hybridized carbons (Fsp3) is 0.333. The monoisotopic (exact) mass is 253 g/mol. The van der Waals surface area contributed by atoms with Gasteiger partial charge in [0.1, 0.15) is 0 Å². The average molecular weight is 253 g/mol. The molecular formula is C9H10F3NO2S. The van der Waals surface area contributed by atoms with Gasteiger partial charge < -0.3 is 5.73 Å². The van der Waals surface area contributed by atoms with E-state index in [1.165, 1.54) is 0 Å². The zero-order chi connectivity index (χ0) is 12.6. The lowest BCUT2D eigenvalue weighted by molar-refractivity contribution is -0.138. The first-order chi connectivity index (χ1) is 7.16. The molecule has 0 aliphatic carbocycles. The van der Waals surface area contributed by atoms with Crippen LogP contribution in [0.5, 0.6) is 0 Å². The van der Waals surface area contributed by atoms with Gasteiger partial charge in [-0.15, -0.1) is 0 Å². The van der Waals surface area contributed by atoms with E-state index in [0.29, 0.717) is 6.07 Å². The Bertz CT molecular complexity index is 494. The summed E-state index contributed by atoms with van der Waals surface area (Å²) in [5, 5.41) is 0. The van der Waals surface area contributed by atoms with Gasteiger partial charge in [0.2, 0.25) is 0 Å². The summed E-state index contributed by atoms with van der Waals surface area (Å²) in [4.78, 5) is -0.364. The molecule has 7 heteroatoms. The summed E-state index contributed by atoms with van der Waals surface area (Å²) in [6.07, 6.45) is -3.75. The van der Waals surface area contributed by atoms with E-state index < -0.39 is 21.6 Å². The molecule has 0 atom stereocenters. The largest absolute Gasteiger partial charge is 0.416 e. The molecule has 0 saturated heterocycles. The Morgan fingerprint density at radius 3 is 2.25 bits per heavy atom. The Labute approximate surface area is 91.0 Å². The van der Waals surface area contributed by atoms with Crippen LogP contribution in [-0.2, 0) is 22.6 Å². The Morgan fingerprint density at radius 1 is 1.31 bits per heavy atom. The van der Waals surface area contributed by atoms with Crippen LogP contribution in [0.15, 0.2) is 23.1 Å². The molecule has 0 unspecified atom stereocenters. The molecule has 16 heavy (non-hydrogen) atoms. The second-order valence-electron chi connectivity index (χ2n) is 3.29. The minimum atomic E-state index is -4.60. The molecule has 0 amide bonds. The molecule has 0 spiro atoms. The summed E-state index contributed by atoms with van der Waals surface area (Å²) in [6.45, 7) is -0.293. The van der Waals surface area contributed by atoms with Crippen LogP contribution in [0.25, 0.3) is 0 Å². The van der Waals surface area contributed by atoms with Crippen LogP contribution in [-0.4, -0.2) is 14.7 Å². The summed E-state index contributed by atoms with van der Waals surface area (Å²) in [5.41, 5.74) is 4.03. The van der Waals surface area contributed by atoms with Crippen molar-refractivity contribution >= 4 is 9.84 Å². The van der Waals surface area contributed by atoms with Gasteiger partial charge in [0.05, 0.1) is 10.5 Å². The van der Waals surface area contributed by atoms with Crippen LogP contribution in [0, 0.1) is 0 Å². The highest BCUT2D eigenvalue weighted by Gasteiger charge is 2.33. The number of hydrogen-bond donors (Lipinski definition) is 1. The predicted octanol–water partition coefficient (Wildman–Crippen LogP) is 1.57. The molecule has 0 aromatic heterocycles. The van der Waals surface area contributed by atoms with E-state index in [-0.39, 0.29) is 17.0 Å². The third kappa shape index (κ3) is 2.73. The van der Waals surface area contributed by atoms with Crippen LogP contribution in [0.2, 0.25) is 0 Å². The zero-order valence-corrected chi connectivity index (χ0v) is 9.19. The molecule has 2 N–H and O–H groups in total. The summed E-state index contributed by atoms with van der Waals surface area (Å²) >= 11 is 0. The lowest BCUT2D eigenvalue weighted by Gasteiger charge is -2.12. The number of hydrogen-bond acceptors (Lipinski definition) is 3. The molecule has 1 aromatic carbocycles. The van der Waals surface area contributed by atoms with Crippen molar-refractivity contribution < 1.29 is 21.6 Å². The van der Waals surface area contributed by atoms with E-state index in [9.17, 15) is 21.6 Å². The molecule has 0 bridgehead atoms. The van der Waals surface area contributed by atoms with Gasteiger partial charge in [-0.3, -0.25) is 0 Å². The van der Waals surface area contributed by atoms with Gasteiger partial charge in [0, 0.05) is 12.8 Å². The molecule has 0 aliphatic rings. The Kier molecular flexibility index (Phi) is 3.30. The van der Waals surface area contributed by atoms with E-state index in [1.54, 1.807) is 0 Å². The van der Waals surface area contributed by atoms with Crippen LogP contribution < -0.4 is 5.73 Å². The first-order valence-corrected chi connectivity index (χ1v) is 6.15. The number of alkyl halides is 3. The average Bonchev–Trinajstić information content (AvgIpc) is 2.14. The van der Waals surface area contributed by atoms with Crippen molar-refractivity contribution in [3.63, 3.8) is 0 Å². The van der Waals surface area contributed by atoms with Gasteiger partial charge in [-0.25, -0.2) is 8.42 Å². The van der Waals surface area contributed by atoms with Crippen molar-refractivity contribution in [2.75, 3.05) is 6.26 Å². The van der Waals surface area contributed by atoms with Crippen molar-refractivity contribution in [2.45, 2.75) is 17.6 Å². The van der Waals surface area contributed by atoms with Crippen LogP contribution in [0.3, 0.4) is 0 Å². The molecule has 3 nitrogen and oxygen atoms in total. The summed E-state index contributed by atoms with van der Waals surface area (Å²) < 4.78 is 59.9. The standard InChI is InChI=1S/C9H10F3NO2S/c1-16(14,15)7-3-2-6(5-13)8(4-7)9(10,11)12/h2-4H,5,13H2,1H3. The van der Waals surface area contributed by atoms with E-state index >= 15 is 0 Å². The van der Waals surface area contributed by atoms with E-state index in [2.05, 4.69) is 0 Å². The summed E-state index contributed by atoms with van der Waals surface area (Å²) in [6, 6.07) is 2.81. The molecule has 0 aliphatic heterocycles. The molecule has 0 radical (unpaired) electrons. The van der Waals surface area contributed by atoms with E-state index in [4.69, 9.17) is 5.73 Å². The maximum Gasteiger partial charge on any atom is 0.416 e. The molecule has 0 heterocycles. The lowest BCUT2D eigenvalue weighted by Crippen LogP contribution is -2.13. The fourth-order valence-electron chi connectivity index (χ4n) is 1.23. The smallest absolute Gasteiger partial charge is 0.326 e. The molecule has 0 saturated carbocycles. The highest BCUT2D eigenvalue weighted by Crippen LogP contribution is 2.33. The van der Waals surface area contributed by atoms with Gasteiger partial charge in [-0.1, -0.05) is 6.07 Å². The number of benzene rings is 1. The maximum absolute atomic E-state index is 12.6. The van der Waals surface area contributed by atoms with Crippen molar-refractivity contribution in [2.24, 2.45) is 5.73 Å². The van der Waals surface area contributed by atoms with Gasteiger partial charge >= 0.3 is 6.18 Å². The molecule has 90 valence electrons. The van der Waals surface area contributed by atoms with Crippen molar-refractivity contribution in [3.8, 4) is 0 Å².